The molecule has 0 amide bonds. The minimum Gasteiger partial charge on any atom is -0.393 e. The van der Waals surface area contributed by atoms with Gasteiger partial charge in [-0.05, 0) is 37.7 Å². The van der Waals surface area contributed by atoms with E-state index < -0.39 is 0 Å². The van der Waals surface area contributed by atoms with Crippen LogP contribution in [0.15, 0.2) is 16.8 Å². The molecule has 2 heterocycles. The van der Waals surface area contributed by atoms with Gasteiger partial charge in [-0.2, -0.15) is 0 Å². The fourth-order valence-electron chi connectivity index (χ4n) is 2.47. The number of likely N-dealkylation sites (tertiary alicyclic amines) is 1. The van der Waals surface area contributed by atoms with Crippen molar-refractivity contribution in [1.29, 1.82) is 0 Å². The Morgan fingerprint density at radius 3 is 2.71 bits per heavy atom. The first-order valence-corrected chi connectivity index (χ1v) is 6.61. The maximum Gasteiger partial charge on any atom is 0.175 e. The lowest BCUT2D eigenvalue weighted by atomic mass is 9.92. The minimum atomic E-state index is -0.174. The Hall–Kier alpha value is -0.870. The average molecular weight is 237 g/mol. The molecule has 2 aliphatic heterocycles. The first-order valence-electron chi connectivity index (χ1n) is 6.61. The van der Waals surface area contributed by atoms with Crippen LogP contribution in [-0.4, -0.2) is 41.7 Å². The molecule has 4 heteroatoms. The fraction of sp³-hybridized carbons (Fsp3) is 0.769. The summed E-state index contributed by atoms with van der Waals surface area (Å²) in [5.41, 5.74) is 1.25. The van der Waals surface area contributed by atoms with Crippen LogP contribution in [0.2, 0.25) is 0 Å². The van der Waals surface area contributed by atoms with Crippen molar-refractivity contribution in [2.45, 2.75) is 45.5 Å². The lowest BCUT2D eigenvalue weighted by Gasteiger charge is -2.37. The van der Waals surface area contributed by atoms with E-state index in [1.165, 1.54) is 5.57 Å². The average Bonchev–Trinajstić information content (AvgIpc) is 2.39. The zero-order valence-electron chi connectivity index (χ0n) is 10.8. The smallest absolute Gasteiger partial charge is 0.175 e. The van der Waals surface area contributed by atoms with Crippen LogP contribution in [0, 0.1) is 5.92 Å². The number of piperidine rings is 1. The second kappa shape index (κ2) is 5.65. The highest BCUT2D eigenvalue weighted by molar-refractivity contribution is 5.79. The molecule has 0 spiro atoms. The standard InChI is InChI=1S/C13H23N3O/c1-3-11-8-14-13(15-9-11)16-6-4-12(5-7-16)10(2)17/h8-10,12-14,17H,3-7H2,1-2H3/t10-,13?/m0/s1. The molecule has 1 saturated heterocycles. The first-order chi connectivity index (χ1) is 8.20. The molecule has 0 aliphatic carbocycles. The summed E-state index contributed by atoms with van der Waals surface area (Å²) in [5.74, 6) is 0.459. The molecular formula is C13H23N3O. The highest BCUT2D eigenvalue weighted by Gasteiger charge is 2.26. The summed E-state index contributed by atoms with van der Waals surface area (Å²) in [5, 5.41) is 12.9. The van der Waals surface area contributed by atoms with Gasteiger partial charge in [0.25, 0.3) is 0 Å². The minimum absolute atomic E-state index is 0.0975. The number of hydrogen-bond donors (Lipinski definition) is 2. The van der Waals surface area contributed by atoms with Crippen LogP contribution in [0.25, 0.3) is 0 Å². The molecule has 4 nitrogen and oxygen atoms in total. The summed E-state index contributed by atoms with van der Waals surface area (Å²) in [6.45, 7) is 6.06. The van der Waals surface area contributed by atoms with Crippen LogP contribution < -0.4 is 5.32 Å². The van der Waals surface area contributed by atoms with Crippen LogP contribution in [0.3, 0.4) is 0 Å². The first kappa shape index (κ1) is 12.6. The van der Waals surface area contributed by atoms with E-state index in [-0.39, 0.29) is 12.4 Å². The van der Waals surface area contributed by atoms with E-state index in [9.17, 15) is 5.11 Å². The summed E-state index contributed by atoms with van der Waals surface area (Å²) in [4.78, 5) is 6.88. The highest BCUT2D eigenvalue weighted by Crippen LogP contribution is 2.22. The van der Waals surface area contributed by atoms with E-state index in [0.717, 1.165) is 32.4 Å². The Labute approximate surface area is 103 Å². The van der Waals surface area contributed by atoms with E-state index >= 15 is 0 Å². The monoisotopic (exact) mass is 237 g/mol. The third-order valence-electron chi connectivity index (χ3n) is 3.81. The SMILES string of the molecule is CCC1=CNC(N2CCC([C@H](C)O)CC2)N=C1. The molecule has 0 aromatic carbocycles. The van der Waals surface area contributed by atoms with E-state index in [0.29, 0.717) is 5.92 Å². The maximum absolute atomic E-state index is 9.57. The predicted molar refractivity (Wildman–Crippen MR) is 69.8 cm³/mol. The lowest BCUT2D eigenvalue weighted by molar-refractivity contribution is 0.0530. The van der Waals surface area contributed by atoms with Gasteiger partial charge in [-0.1, -0.05) is 6.92 Å². The molecule has 0 aromatic heterocycles. The summed E-state index contributed by atoms with van der Waals surface area (Å²) >= 11 is 0. The fourth-order valence-corrected chi connectivity index (χ4v) is 2.47. The summed E-state index contributed by atoms with van der Waals surface area (Å²) in [7, 11) is 0. The molecule has 0 aromatic rings. The molecule has 17 heavy (non-hydrogen) atoms. The Kier molecular flexibility index (Phi) is 4.18. The quantitative estimate of drug-likeness (QED) is 0.778. The number of aliphatic hydroxyl groups is 1. The lowest BCUT2D eigenvalue weighted by Crippen LogP contribution is -2.48. The van der Waals surface area contributed by atoms with Crippen molar-refractivity contribution >= 4 is 6.21 Å². The van der Waals surface area contributed by atoms with Gasteiger partial charge in [0.2, 0.25) is 0 Å². The molecule has 0 radical (unpaired) electrons. The van der Waals surface area contributed by atoms with Gasteiger partial charge in [-0.15, -0.1) is 0 Å². The molecule has 0 saturated carbocycles. The van der Waals surface area contributed by atoms with Gasteiger partial charge in [0.15, 0.2) is 6.29 Å². The molecule has 2 rings (SSSR count). The Morgan fingerprint density at radius 2 is 2.24 bits per heavy atom. The van der Waals surface area contributed by atoms with Crippen LogP contribution in [0.1, 0.15) is 33.1 Å². The van der Waals surface area contributed by atoms with Gasteiger partial charge >= 0.3 is 0 Å². The Morgan fingerprint density at radius 1 is 1.53 bits per heavy atom. The molecule has 1 unspecified atom stereocenters. The second-order valence-electron chi connectivity index (χ2n) is 5.01. The van der Waals surface area contributed by atoms with Crippen LogP contribution >= 0.6 is 0 Å². The largest absolute Gasteiger partial charge is 0.393 e. The molecule has 2 aliphatic rings. The second-order valence-corrected chi connectivity index (χ2v) is 5.01. The molecule has 96 valence electrons. The van der Waals surface area contributed by atoms with Gasteiger partial charge in [0.1, 0.15) is 0 Å². The van der Waals surface area contributed by atoms with Crippen molar-refractivity contribution in [1.82, 2.24) is 10.2 Å². The number of hydrogen-bond acceptors (Lipinski definition) is 4. The zero-order valence-corrected chi connectivity index (χ0v) is 10.8. The Balaban J connectivity index is 1.83. The van der Waals surface area contributed by atoms with E-state index in [4.69, 9.17) is 0 Å². The zero-order chi connectivity index (χ0) is 12.3. The predicted octanol–water partition coefficient (Wildman–Crippen LogP) is 1.33. The third kappa shape index (κ3) is 3.07. The van der Waals surface area contributed by atoms with Crippen LogP contribution in [0.5, 0.6) is 0 Å². The van der Waals surface area contributed by atoms with Gasteiger partial charge in [-0.3, -0.25) is 9.89 Å². The van der Waals surface area contributed by atoms with Gasteiger partial charge in [-0.25, -0.2) is 0 Å². The topological polar surface area (TPSA) is 47.9 Å². The van der Waals surface area contributed by atoms with E-state index in [1.807, 2.05) is 13.1 Å². The molecule has 2 N–H and O–H groups in total. The van der Waals surface area contributed by atoms with Gasteiger partial charge < -0.3 is 10.4 Å². The number of aliphatic hydroxyl groups excluding tert-OH is 1. The third-order valence-corrected chi connectivity index (χ3v) is 3.81. The van der Waals surface area contributed by atoms with Crippen molar-refractivity contribution in [3.05, 3.63) is 11.8 Å². The van der Waals surface area contributed by atoms with Crippen LogP contribution in [-0.2, 0) is 0 Å². The van der Waals surface area contributed by atoms with E-state index in [2.05, 4.69) is 28.3 Å². The van der Waals surface area contributed by atoms with Crippen molar-refractivity contribution < 1.29 is 5.11 Å². The Bertz CT molecular complexity index is 304. The number of nitrogens with zero attached hydrogens (tertiary/aromatic N) is 2. The van der Waals surface area contributed by atoms with Gasteiger partial charge in [0.05, 0.1) is 6.10 Å². The normalized spacial score (nSPS) is 28.6. The molecule has 2 atom stereocenters. The van der Waals surface area contributed by atoms with Crippen molar-refractivity contribution in [3.63, 3.8) is 0 Å². The van der Waals surface area contributed by atoms with Crippen molar-refractivity contribution in [3.8, 4) is 0 Å². The number of allylic oxidation sites excluding steroid dienone is 1. The molecule has 1 fully saturated rings. The van der Waals surface area contributed by atoms with Crippen molar-refractivity contribution in [2.24, 2.45) is 10.9 Å². The summed E-state index contributed by atoms with van der Waals surface area (Å²) in [6.07, 6.45) is 7.12. The molecule has 0 bridgehead atoms. The number of nitrogens with one attached hydrogen (secondary N) is 1. The van der Waals surface area contributed by atoms with Crippen molar-refractivity contribution in [2.75, 3.05) is 13.1 Å². The summed E-state index contributed by atoms with van der Waals surface area (Å²) in [6, 6.07) is 0. The number of aliphatic imine (C=N–C) groups is 1. The van der Waals surface area contributed by atoms with Crippen LogP contribution in [0.4, 0.5) is 0 Å². The number of rotatable bonds is 3. The van der Waals surface area contributed by atoms with E-state index in [1.54, 1.807) is 0 Å². The summed E-state index contributed by atoms with van der Waals surface area (Å²) < 4.78 is 0. The van der Waals surface area contributed by atoms with Gasteiger partial charge in [0, 0.05) is 25.5 Å². The highest BCUT2D eigenvalue weighted by atomic mass is 16.3. The molecular weight excluding hydrogens is 214 g/mol. The maximum atomic E-state index is 9.57.